The summed E-state index contributed by atoms with van der Waals surface area (Å²) in [6.45, 7) is 4.42. The predicted molar refractivity (Wildman–Crippen MR) is 92.5 cm³/mol. The summed E-state index contributed by atoms with van der Waals surface area (Å²) in [6.07, 6.45) is 0.908. The van der Waals surface area contributed by atoms with Crippen LogP contribution in [0.4, 0.5) is 0 Å². The Balaban J connectivity index is 2.18. The van der Waals surface area contributed by atoms with E-state index in [0.717, 1.165) is 12.0 Å². The molecular formula is C18H21Cl2N. The highest BCUT2D eigenvalue weighted by Gasteiger charge is 2.12. The molecule has 0 aromatic heterocycles. The molecule has 0 aliphatic carbocycles. The molecular weight excluding hydrogens is 301 g/mol. The summed E-state index contributed by atoms with van der Waals surface area (Å²) in [7, 11) is 1.96. The van der Waals surface area contributed by atoms with Gasteiger partial charge in [0.05, 0.1) is 0 Å². The first-order valence-electron chi connectivity index (χ1n) is 7.21. The van der Waals surface area contributed by atoms with Crippen molar-refractivity contribution < 1.29 is 0 Å². The van der Waals surface area contributed by atoms with Crippen molar-refractivity contribution in [1.29, 1.82) is 0 Å². The van der Waals surface area contributed by atoms with Crippen molar-refractivity contribution in [3.8, 4) is 0 Å². The van der Waals surface area contributed by atoms with E-state index < -0.39 is 0 Å². The zero-order valence-corrected chi connectivity index (χ0v) is 14.2. The SMILES string of the molecule is CNC(Cc1ccc(C(C)C)cc1)c1cc(Cl)cc(Cl)c1. The van der Waals surface area contributed by atoms with Crippen molar-refractivity contribution in [2.75, 3.05) is 7.05 Å². The average molecular weight is 322 g/mol. The Kier molecular flexibility index (Phi) is 5.69. The zero-order chi connectivity index (χ0) is 15.4. The molecule has 0 radical (unpaired) electrons. The fraction of sp³-hybridized carbons (Fsp3) is 0.333. The number of likely N-dealkylation sites (N-methyl/N-ethyl adjacent to an activating group) is 1. The van der Waals surface area contributed by atoms with E-state index in [9.17, 15) is 0 Å². The quantitative estimate of drug-likeness (QED) is 0.753. The fourth-order valence-corrected chi connectivity index (χ4v) is 2.98. The minimum Gasteiger partial charge on any atom is -0.313 e. The van der Waals surface area contributed by atoms with Crippen LogP contribution >= 0.6 is 23.2 Å². The van der Waals surface area contributed by atoms with Gasteiger partial charge in [0.1, 0.15) is 0 Å². The summed E-state index contributed by atoms with van der Waals surface area (Å²) in [6, 6.07) is 14.7. The van der Waals surface area contributed by atoms with E-state index in [-0.39, 0.29) is 6.04 Å². The minimum absolute atomic E-state index is 0.200. The summed E-state index contributed by atoms with van der Waals surface area (Å²) < 4.78 is 0. The molecule has 0 aliphatic heterocycles. The molecule has 0 bridgehead atoms. The van der Waals surface area contributed by atoms with Crippen molar-refractivity contribution >= 4 is 23.2 Å². The second-order valence-electron chi connectivity index (χ2n) is 5.64. The van der Waals surface area contributed by atoms with E-state index in [0.29, 0.717) is 16.0 Å². The number of benzene rings is 2. The first kappa shape index (κ1) is 16.4. The van der Waals surface area contributed by atoms with Gasteiger partial charge in [-0.1, -0.05) is 61.3 Å². The van der Waals surface area contributed by atoms with E-state index in [1.54, 1.807) is 6.07 Å². The highest BCUT2D eigenvalue weighted by Crippen LogP contribution is 2.26. The van der Waals surface area contributed by atoms with Crippen molar-refractivity contribution in [2.45, 2.75) is 32.2 Å². The molecule has 0 amide bonds. The van der Waals surface area contributed by atoms with Crippen molar-refractivity contribution in [3.05, 3.63) is 69.2 Å². The van der Waals surface area contributed by atoms with Gasteiger partial charge in [0, 0.05) is 16.1 Å². The number of hydrogen-bond acceptors (Lipinski definition) is 1. The molecule has 3 heteroatoms. The lowest BCUT2D eigenvalue weighted by Crippen LogP contribution is -2.18. The third-order valence-corrected chi connectivity index (χ3v) is 4.16. The normalized spacial score (nSPS) is 12.7. The highest BCUT2D eigenvalue weighted by molar-refractivity contribution is 6.34. The number of nitrogens with one attached hydrogen (secondary N) is 1. The molecule has 1 N–H and O–H groups in total. The number of halogens is 2. The summed E-state index contributed by atoms with van der Waals surface area (Å²) >= 11 is 12.2. The molecule has 2 aromatic rings. The second kappa shape index (κ2) is 7.31. The monoisotopic (exact) mass is 321 g/mol. The van der Waals surface area contributed by atoms with E-state index in [2.05, 4.69) is 43.4 Å². The van der Waals surface area contributed by atoms with Crippen LogP contribution in [0.5, 0.6) is 0 Å². The van der Waals surface area contributed by atoms with Crippen LogP contribution in [0.1, 0.15) is 42.5 Å². The third kappa shape index (κ3) is 4.47. The molecule has 1 unspecified atom stereocenters. The zero-order valence-electron chi connectivity index (χ0n) is 12.7. The molecule has 1 nitrogen and oxygen atoms in total. The Morgan fingerprint density at radius 2 is 1.48 bits per heavy atom. The van der Waals surface area contributed by atoms with E-state index >= 15 is 0 Å². The van der Waals surface area contributed by atoms with Gasteiger partial charge in [0.2, 0.25) is 0 Å². The lowest BCUT2D eigenvalue weighted by molar-refractivity contribution is 0.592. The van der Waals surface area contributed by atoms with Crippen LogP contribution in [0.15, 0.2) is 42.5 Å². The molecule has 0 heterocycles. The summed E-state index contributed by atoms with van der Waals surface area (Å²) in [5.74, 6) is 0.561. The average Bonchev–Trinajstić information content (AvgIpc) is 2.44. The summed E-state index contributed by atoms with van der Waals surface area (Å²) in [5.41, 5.74) is 3.78. The van der Waals surface area contributed by atoms with Crippen LogP contribution in [0.25, 0.3) is 0 Å². The lowest BCUT2D eigenvalue weighted by Gasteiger charge is -2.18. The van der Waals surface area contributed by atoms with Crippen molar-refractivity contribution in [2.24, 2.45) is 0 Å². The van der Waals surface area contributed by atoms with Gasteiger partial charge in [-0.15, -0.1) is 0 Å². The molecule has 2 rings (SSSR count). The van der Waals surface area contributed by atoms with Gasteiger partial charge < -0.3 is 5.32 Å². The van der Waals surface area contributed by atoms with E-state index in [4.69, 9.17) is 23.2 Å². The number of hydrogen-bond donors (Lipinski definition) is 1. The molecule has 21 heavy (non-hydrogen) atoms. The Morgan fingerprint density at radius 1 is 0.905 bits per heavy atom. The van der Waals surface area contributed by atoms with Crippen LogP contribution < -0.4 is 5.32 Å². The van der Waals surface area contributed by atoms with Gasteiger partial charge in [-0.3, -0.25) is 0 Å². The molecule has 112 valence electrons. The summed E-state index contributed by atoms with van der Waals surface area (Å²) in [5, 5.41) is 4.69. The predicted octanol–water partition coefficient (Wildman–Crippen LogP) is 5.62. The van der Waals surface area contributed by atoms with Crippen LogP contribution in [-0.4, -0.2) is 7.05 Å². The van der Waals surface area contributed by atoms with Gasteiger partial charge in [-0.2, -0.15) is 0 Å². The Hall–Kier alpha value is -1.02. The second-order valence-corrected chi connectivity index (χ2v) is 6.52. The molecule has 2 aromatic carbocycles. The van der Waals surface area contributed by atoms with Gasteiger partial charge in [-0.25, -0.2) is 0 Å². The summed E-state index contributed by atoms with van der Waals surface area (Å²) in [4.78, 5) is 0. The van der Waals surface area contributed by atoms with Gasteiger partial charge >= 0.3 is 0 Å². The highest BCUT2D eigenvalue weighted by atomic mass is 35.5. The largest absolute Gasteiger partial charge is 0.313 e. The molecule has 0 saturated heterocycles. The van der Waals surface area contributed by atoms with E-state index in [1.165, 1.54) is 11.1 Å². The first-order chi connectivity index (χ1) is 9.99. The smallest absolute Gasteiger partial charge is 0.0424 e. The Bertz CT molecular complexity index is 570. The van der Waals surface area contributed by atoms with Gasteiger partial charge in [-0.05, 0) is 54.3 Å². The van der Waals surface area contributed by atoms with Crippen molar-refractivity contribution in [3.63, 3.8) is 0 Å². The van der Waals surface area contributed by atoms with Gasteiger partial charge in [0.25, 0.3) is 0 Å². The number of rotatable bonds is 5. The van der Waals surface area contributed by atoms with Crippen LogP contribution in [0.3, 0.4) is 0 Å². The van der Waals surface area contributed by atoms with E-state index in [1.807, 2.05) is 19.2 Å². The van der Waals surface area contributed by atoms with Crippen LogP contribution in [0.2, 0.25) is 10.0 Å². The fourth-order valence-electron chi connectivity index (χ4n) is 2.44. The maximum absolute atomic E-state index is 6.10. The molecule has 0 aliphatic rings. The standard InChI is InChI=1S/C18H21Cl2N/c1-12(2)14-6-4-13(5-7-14)8-18(21-3)15-9-16(19)11-17(20)10-15/h4-7,9-12,18,21H,8H2,1-3H3. The maximum Gasteiger partial charge on any atom is 0.0424 e. The topological polar surface area (TPSA) is 12.0 Å². The minimum atomic E-state index is 0.200. The third-order valence-electron chi connectivity index (χ3n) is 3.72. The maximum atomic E-state index is 6.10. The Morgan fingerprint density at radius 3 is 1.95 bits per heavy atom. The molecule has 0 spiro atoms. The van der Waals surface area contributed by atoms with Crippen molar-refractivity contribution in [1.82, 2.24) is 5.32 Å². The molecule has 0 saturated carbocycles. The first-order valence-corrected chi connectivity index (χ1v) is 7.97. The Labute approximate surface area is 137 Å². The van der Waals surface area contributed by atoms with Gasteiger partial charge in [0.15, 0.2) is 0 Å². The van der Waals surface area contributed by atoms with Crippen LogP contribution in [-0.2, 0) is 6.42 Å². The van der Waals surface area contributed by atoms with Crippen LogP contribution in [0, 0.1) is 0 Å². The lowest BCUT2D eigenvalue weighted by atomic mass is 9.96. The molecule has 0 fully saturated rings. The molecule has 1 atom stereocenters.